The summed E-state index contributed by atoms with van der Waals surface area (Å²) in [5.41, 5.74) is 2.45. The predicted molar refractivity (Wildman–Crippen MR) is 107 cm³/mol. The van der Waals surface area contributed by atoms with Gasteiger partial charge in [-0.15, -0.1) is 12.4 Å². The first-order valence-electron chi connectivity index (χ1n) is 9.52. The van der Waals surface area contributed by atoms with Gasteiger partial charge in [0.05, 0.1) is 6.54 Å². The standard InChI is InChI=1S/C20H31N3O.ClH/c1-17-6-5-7-19(14-17)23(15-18-8-10-21-11-9-18)16-20(24)22-12-3-2-4-13-22;/h5-7,14,18,21H,2-4,8-13,15-16H2,1H3;1H. The molecule has 2 saturated heterocycles. The average Bonchev–Trinajstić information content (AvgIpc) is 2.63. The lowest BCUT2D eigenvalue weighted by molar-refractivity contribution is -0.130. The number of piperidine rings is 2. The van der Waals surface area contributed by atoms with Crippen LogP contribution < -0.4 is 10.2 Å². The smallest absolute Gasteiger partial charge is 0.242 e. The van der Waals surface area contributed by atoms with Crippen LogP contribution in [0.5, 0.6) is 0 Å². The lowest BCUT2D eigenvalue weighted by Gasteiger charge is -2.34. The molecule has 5 heteroatoms. The summed E-state index contributed by atoms with van der Waals surface area (Å²) in [6.07, 6.45) is 6.00. The summed E-state index contributed by atoms with van der Waals surface area (Å²) in [5.74, 6) is 0.978. The first-order chi connectivity index (χ1) is 11.7. The fourth-order valence-electron chi connectivity index (χ4n) is 3.87. The Hall–Kier alpha value is -1.26. The van der Waals surface area contributed by atoms with E-state index in [2.05, 4.69) is 46.3 Å². The normalized spacial score (nSPS) is 18.5. The molecule has 0 spiro atoms. The first kappa shape index (κ1) is 20.1. The summed E-state index contributed by atoms with van der Waals surface area (Å²) in [6, 6.07) is 8.59. The molecule has 0 atom stereocenters. The van der Waals surface area contributed by atoms with Crippen molar-refractivity contribution in [1.82, 2.24) is 10.2 Å². The van der Waals surface area contributed by atoms with Gasteiger partial charge in [-0.05, 0) is 75.7 Å². The molecule has 0 unspecified atom stereocenters. The number of nitrogens with zero attached hydrogens (tertiary/aromatic N) is 2. The van der Waals surface area contributed by atoms with Crippen molar-refractivity contribution in [2.45, 2.75) is 39.0 Å². The second kappa shape index (κ2) is 10.0. The van der Waals surface area contributed by atoms with Crippen LogP contribution in [0.4, 0.5) is 5.69 Å². The molecule has 0 aromatic heterocycles. The monoisotopic (exact) mass is 365 g/mol. The molecule has 1 amide bonds. The van der Waals surface area contributed by atoms with Gasteiger partial charge < -0.3 is 15.1 Å². The second-order valence-corrected chi connectivity index (χ2v) is 7.35. The number of nitrogens with one attached hydrogen (secondary N) is 1. The zero-order valence-corrected chi connectivity index (χ0v) is 16.2. The van der Waals surface area contributed by atoms with Crippen molar-refractivity contribution in [3.63, 3.8) is 0 Å². The zero-order valence-electron chi connectivity index (χ0n) is 15.4. The molecule has 2 aliphatic heterocycles. The van der Waals surface area contributed by atoms with Crippen molar-refractivity contribution >= 4 is 24.0 Å². The highest BCUT2D eigenvalue weighted by Crippen LogP contribution is 2.21. The molecular weight excluding hydrogens is 334 g/mol. The van der Waals surface area contributed by atoms with E-state index < -0.39 is 0 Å². The van der Waals surface area contributed by atoms with Gasteiger partial charge in [0.1, 0.15) is 0 Å². The van der Waals surface area contributed by atoms with Gasteiger partial charge in [0.15, 0.2) is 0 Å². The van der Waals surface area contributed by atoms with Crippen molar-refractivity contribution in [2.75, 3.05) is 44.2 Å². The summed E-state index contributed by atoms with van der Waals surface area (Å²) < 4.78 is 0. The maximum atomic E-state index is 12.8. The largest absolute Gasteiger partial charge is 0.362 e. The van der Waals surface area contributed by atoms with Gasteiger partial charge >= 0.3 is 0 Å². The van der Waals surface area contributed by atoms with Gasteiger partial charge in [-0.3, -0.25) is 4.79 Å². The number of carbonyl (C=O) groups is 1. The van der Waals surface area contributed by atoms with E-state index in [4.69, 9.17) is 0 Å². The highest BCUT2D eigenvalue weighted by Gasteiger charge is 2.23. The number of benzene rings is 1. The summed E-state index contributed by atoms with van der Waals surface area (Å²) >= 11 is 0. The topological polar surface area (TPSA) is 35.6 Å². The van der Waals surface area contributed by atoms with Crippen molar-refractivity contribution in [1.29, 1.82) is 0 Å². The van der Waals surface area contributed by atoms with Crippen LogP contribution in [0, 0.1) is 12.8 Å². The van der Waals surface area contributed by atoms with E-state index in [-0.39, 0.29) is 12.4 Å². The minimum atomic E-state index is 0. The predicted octanol–water partition coefficient (Wildman–Crippen LogP) is 3.24. The molecule has 2 fully saturated rings. The Morgan fingerprint density at radius 3 is 2.60 bits per heavy atom. The summed E-state index contributed by atoms with van der Waals surface area (Å²) in [7, 11) is 0. The van der Waals surface area contributed by atoms with Crippen LogP contribution in [0.15, 0.2) is 24.3 Å². The Kier molecular flexibility index (Phi) is 8.04. The maximum absolute atomic E-state index is 12.8. The van der Waals surface area contributed by atoms with Crippen LogP contribution in [0.3, 0.4) is 0 Å². The quantitative estimate of drug-likeness (QED) is 0.870. The van der Waals surface area contributed by atoms with E-state index >= 15 is 0 Å². The molecule has 1 aromatic rings. The molecule has 4 nitrogen and oxygen atoms in total. The lowest BCUT2D eigenvalue weighted by Crippen LogP contribution is -2.45. The molecule has 1 aromatic carbocycles. The minimum absolute atomic E-state index is 0. The number of halogens is 1. The molecule has 2 aliphatic rings. The summed E-state index contributed by atoms with van der Waals surface area (Å²) in [5, 5.41) is 3.44. The number of likely N-dealkylation sites (tertiary alicyclic amines) is 1. The molecule has 0 radical (unpaired) electrons. The summed E-state index contributed by atoms with van der Waals surface area (Å²) in [6.45, 7) is 7.72. The Morgan fingerprint density at radius 2 is 1.92 bits per heavy atom. The third-order valence-electron chi connectivity index (χ3n) is 5.34. The van der Waals surface area contributed by atoms with E-state index in [1.165, 1.54) is 30.5 Å². The fourth-order valence-corrected chi connectivity index (χ4v) is 3.87. The van der Waals surface area contributed by atoms with Crippen LogP contribution in [0.1, 0.15) is 37.7 Å². The Labute approximate surface area is 158 Å². The van der Waals surface area contributed by atoms with Crippen molar-refractivity contribution < 1.29 is 4.79 Å². The number of hydrogen-bond acceptors (Lipinski definition) is 3. The highest BCUT2D eigenvalue weighted by atomic mass is 35.5. The molecule has 25 heavy (non-hydrogen) atoms. The fraction of sp³-hybridized carbons (Fsp3) is 0.650. The zero-order chi connectivity index (χ0) is 16.8. The first-order valence-corrected chi connectivity index (χ1v) is 9.52. The van der Waals surface area contributed by atoms with Gasteiger partial charge in [0.2, 0.25) is 5.91 Å². The highest BCUT2D eigenvalue weighted by molar-refractivity contribution is 5.85. The van der Waals surface area contributed by atoms with Crippen molar-refractivity contribution in [3.05, 3.63) is 29.8 Å². The number of hydrogen-bond donors (Lipinski definition) is 1. The van der Waals surface area contributed by atoms with Gasteiger partial charge in [-0.1, -0.05) is 12.1 Å². The lowest BCUT2D eigenvalue weighted by atomic mass is 9.97. The minimum Gasteiger partial charge on any atom is -0.362 e. The van der Waals surface area contributed by atoms with Gasteiger partial charge in [0.25, 0.3) is 0 Å². The number of rotatable bonds is 5. The summed E-state index contributed by atoms with van der Waals surface area (Å²) in [4.78, 5) is 17.2. The second-order valence-electron chi connectivity index (χ2n) is 7.35. The number of aryl methyl sites for hydroxylation is 1. The molecule has 1 N–H and O–H groups in total. The molecule has 0 saturated carbocycles. The van der Waals surface area contributed by atoms with Crippen LogP contribution in [0.25, 0.3) is 0 Å². The number of amides is 1. The van der Waals surface area contributed by atoms with E-state index in [0.717, 1.165) is 45.6 Å². The third kappa shape index (κ3) is 5.89. The molecular formula is C20H32ClN3O. The van der Waals surface area contributed by atoms with Crippen LogP contribution >= 0.6 is 12.4 Å². The Bertz CT molecular complexity index is 539. The molecule has 0 aliphatic carbocycles. The van der Waals surface area contributed by atoms with Crippen molar-refractivity contribution in [2.24, 2.45) is 5.92 Å². The third-order valence-corrected chi connectivity index (χ3v) is 5.34. The van der Waals surface area contributed by atoms with Gasteiger partial charge in [-0.25, -0.2) is 0 Å². The number of carbonyl (C=O) groups excluding carboxylic acids is 1. The van der Waals surface area contributed by atoms with Crippen molar-refractivity contribution in [3.8, 4) is 0 Å². The van der Waals surface area contributed by atoms with Gasteiger partial charge in [0, 0.05) is 25.3 Å². The van der Waals surface area contributed by atoms with E-state index in [1.54, 1.807) is 0 Å². The Balaban J connectivity index is 0.00000225. The molecule has 140 valence electrons. The van der Waals surface area contributed by atoms with E-state index in [9.17, 15) is 4.79 Å². The van der Waals surface area contributed by atoms with E-state index in [1.807, 2.05) is 0 Å². The van der Waals surface area contributed by atoms with Crippen LogP contribution in [0.2, 0.25) is 0 Å². The average molecular weight is 366 g/mol. The molecule has 3 rings (SSSR count). The molecule has 0 bridgehead atoms. The maximum Gasteiger partial charge on any atom is 0.242 e. The van der Waals surface area contributed by atoms with Crippen LogP contribution in [-0.2, 0) is 4.79 Å². The van der Waals surface area contributed by atoms with E-state index in [0.29, 0.717) is 18.4 Å². The Morgan fingerprint density at radius 1 is 1.20 bits per heavy atom. The van der Waals surface area contributed by atoms with Crippen LogP contribution in [-0.4, -0.2) is 50.1 Å². The number of anilines is 1. The molecule has 2 heterocycles. The SMILES string of the molecule is Cc1cccc(N(CC(=O)N2CCCCC2)CC2CCNCC2)c1.Cl. The van der Waals surface area contributed by atoms with Gasteiger partial charge in [-0.2, -0.15) is 0 Å².